The maximum Gasteiger partial charge on any atom is 0.472 e. The number of ether oxygens (including phenoxy) is 4. The Labute approximate surface area is 423 Å². The van der Waals surface area contributed by atoms with Crippen molar-refractivity contribution in [2.45, 2.75) is 68.1 Å². The van der Waals surface area contributed by atoms with Gasteiger partial charge < -0.3 is 86.5 Å². The second-order valence-electron chi connectivity index (χ2n) is 17.6. The zero-order valence-electron chi connectivity index (χ0n) is 39.8. The van der Waals surface area contributed by atoms with Gasteiger partial charge in [-0.15, -0.1) is 0 Å². The first-order valence-electron chi connectivity index (χ1n) is 22.9. The highest BCUT2D eigenvalue weighted by molar-refractivity contribution is 7.48. The number of hydrogen-bond donors (Lipinski definition) is 13. The van der Waals surface area contributed by atoms with Crippen LogP contribution in [-0.4, -0.2) is 194 Å². The number of methoxy groups -OCH3 is 2. The Morgan fingerprint density at radius 1 is 0.747 bits per heavy atom. The fourth-order valence-corrected chi connectivity index (χ4v) is 12.4. The largest absolute Gasteiger partial charge is 0.472 e. The molecule has 9 heterocycles. The number of aliphatic hydroxyl groups is 2. The first-order chi connectivity index (χ1) is 35.7. The van der Waals surface area contributed by atoms with Gasteiger partial charge in [0.25, 0.3) is 11.1 Å². The predicted octanol–water partition coefficient (Wildman–Crippen LogP) is -2.56. The minimum absolute atomic E-state index is 0.0107. The number of aliphatic hydroxyl groups excluding tert-OH is 2. The third-order valence-electron chi connectivity index (χ3n) is 12.8. The Hall–Kier alpha value is -4.97. The number of hydrogen-bond acceptors (Lipinski definition) is 29. The molecule has 5 aliphatic heterocycles. The van der Waals surface area contributed by atoms with Gasteiger partial charge in [0.15, 0.2) is 29.9 Å². The molecule has 0 aliphatic carbocycles. The minimum Gasteiger partial charge on any atom is -0.396 e. The summed E-state index contributed by atoms with van der Waals surface area (Å²) in [6, 6.07) is 0. The second kappa shape index (κ2) is 22.2. The highest BCUT2D eigenvalue weighted by Crippen LogP contribution is 2.53. The third-order valence-corrected chi connectivity index (χ3v) is 15.8. The van der Waals surface area contributed by atoms with Crippen molar-refractivity contribution in [1.29, 1.82) is 0 Å². The first-order valence-corrected chi connectivity index (χ1v) is 27.4. The molecule has 9 rings (SSSR count). The van der Waals surface area contributed by atoms with Crippen molar-refractivity contribution >= 4 is 75.2 Å². The summed E-state index contributed by atoms with van der Waals surface area (Å²) in [5.41, 5.74) is 18.2. The molecule has 4 aromatic rings. The summed E-state index contributed by atoms with van der Waals surface area (Å²) >= 11 is 0. The van der Waals surface area contributed by atoms with Gasteiger partial charge in [0, 0.05) is 58.1 Å². The molecular formula is C37H56N15O20P3. The SMILES string of the molecule is CO[C@@H]1[C@H](OP(=O)(O)OC[C@H]2CN(Cc3c[nH]c4c(N)ncnc34)C[C@@H]2OP(=O)(O)OC[C@H]2O[C@@H](N3CNc4c3nc(N)[nH]c4=O)[C@H](OC)[C@@H]2OP(=O)(O)OCCCO)[C@@H](CO)O[C@H]1N1CNc2c1nc(N)[nH]c2=O. The number of nitrogen functional groups attached to an aromatic ring is 3. The zero-order chi connectivity index (χ0) is 53.6. The van der Waals surface area contributed by atoms with E-state index in [9.17, 15) is 48.2 Å². The maximum absolute atomic E-state index is 14.1. The Bertz CT molecular complexity index is 2980. The van der Waals surface area contributed by atoms with Crippen molar-refractivity contribution in [2.75, 3.05) is 111 Å². The number of nitrogens with two attached hydrogens (primary N) is 3. The number of rotatable bonds is 23. The van der Waals surface area contributed by atoms with Gasteiger partial charge in [-0.25, -0.2) is 23.7 Å². The van der Waals surface area contributed by atoms with Gasteiger partial charge in [-0.2, -0.15) is 9.97 Å². The van der Waals surface area contributed by atoms with Gasteiger partial charge in [-0.3, -0.25) is 51.6 Å². The topological polar surface area (TPSA) is 490 Å². The van der Waals surface area contributed by atoms with E-state index in [0.717, 1.165) is 0 Å². The number of likely N-dealkylation sites (tertiary alicyclic amines) is 1. The maximum atomic E-state index is 14.1. The molecule has 5 aliphatic rings. The minimum atomic E-state index is -5.23. The average molecular weight is 1120 g/mol. The van der Waals surface area contributed by atoms with E-state index in [0.29, 0.717) is 16.6 Å². The van der Waals surface area contributed by atoms with Gasteiger partial charge in [0.05, 0.1) is 51.4 Å². The molecular weight excluding hydrogens is 1070 g/mol. The molecule has 3 saturated heterocycles. The smallest absolute Gasteiger partial charge is 0.396 e. The lowest BCUT2D eigenvalue weighted by Crippen LogP contribution is -2.46. The van der Waals surface area contributed by atoms with Crippen LogP contribution >= 0.6 is 23.5 Å². The Balaban J connectivity index is 0.921. The van der Waals surface area contributed by atoms with Gasteiger partial charge in [-0.05, 0) is 6.42 Å². The molecule has 4 aromatic heterocycles. The molecule has 16 N–H and O–H groups in total. The molecule has 0 spiro atoms. The Morgan fingerprint density at radius 2 is 1.31 bits per heavy atom. The average Bonchev–Trinajstić information content (AvgIpc) is 4.23. The predicted molar refractivity (Wildman–Crippen MR) is 257 cm³/mol. The lowest BCUT2D eigenvalue weighted by atomic mass is 10.1. The molecule has 0 radical (unpaired) electrons. The van der Waals surface area contributed by atoms with Crippen molar-refractivity contribution in [1.82, 2.24) is 39.8 Å². The summed E-state index contributed by atoms with van der Waals surface area (Å²) in [5.74, 6) is -1.13. The van der Waals surface area contributed by atoms with Crippen molar-refractivity contribution < 1.29 is 84.7 Å². The fraction of sp³-hybridized carbons (Fsp3) is 0.622. The highest BCUT2D eigenvalue weighted by atomic mass is 31.2. The summed E-state index contributed by atoms with van der Waals surface area (Å²) in [5, 5.41) is 25.3. The monoisotopic (exact) mass is 1120 g/mol. The summed E-state index contributed by atoms with van der Waals surface area (Å²) in [6.45, 7) is -3.08. The number of aromatic amines is 3. The lowest BCUT2D eigenvalue weighted by Gasteiger charge is -2.29. The van der Waals surface area contributed by atoms with Crippen molar-refractivity contribution in [2.24, 2.45) is 5.92 Å². The zero-order valence-corrected chi connectivity index (χ0v) is 42.5. The van der Waals surface area contributed by atoms with E-state index in [1.165, 1.54) is 30.3 Å². The van der Waals surface area contributed by atoms with Gasteiger partial charge in [0.2, 0.25) is 11.9 Å². The molecule has 0 amide bonds. The summed E-state index contributed by atoms with van der Waals surface area (Å²) in [6.07, 6.45) is -9.12. The third kappa shape index (κ3) is 11.7. The van der Waals surface area contributed by atoms with Crippen LogP contribution in [0.15, 0.2) is 22.1 Å². The number of fused-ring (bicyclic) bond motifs is 3. The molecule has 0 aromatic carbocycles. The summed E-state index contributed by atoms with van der Waals surface area (Å²) in [7, 11) is -12.9. The van der Waals surface area contributed by atoms with Crippen LogP contribution in [0.5, 0.6) is 0 Å². The van der Waals surface area contributed by atoms with Gasteiger partial charge >= 0.3 is 23.5 Å². The van der Waals surface area contributed by atoms with Gasteiger partial charge in [0.1, 0.15) is 59.8 Å². The van der Waals surface area contributed by atoms with Gasteiger partial charge in [-0.1, -0.05) is 0 Å². The van der Waals surface area contributed by atoms with Crippen LogP contribution in [-0.2, 0) is 66.3 Å². The molecule has 13 atom stereocenters. The van der Waals surface area contributed by atoms with Crippen LogP contribution in [0.4, 0.5) is 40.7 Å². The van der Waals surface area contributed by atoms with E-state index in [2.05, 4.69) is 45.5 Å². The second-order valence-corrected chi connectivity index (χ2v) is 21.8. The molecule has 414 valence electrons. The quantitative estimate of drug-likeness (QED) is 0.0268. The summed E-state index contributed by atoms with van der Waals surface area (Å²) < 4.78 is 97.8. The van der Waals surface area contributed by atoms with E-state index in [1.807, 2.05) is 0 Å². The van der Waals surface area contributed by atoms with Crippen molar-refractivity contribution in [3.05, 3.63) is 38.8 Å². The Morgan fingerprint density at radius 3 is 1.89 bits per heavy atom. The lowest BCUT2D eigenvalue weighted by molar-refractivity contribution is -0.0302. The van der Waals surface area contributed by atoms with E-state index in [4.69, 9.17) is 63.3 Å². The van der Waals surface area contributed by atoms with Crippen LogP contribution in [0, 0.1) is 5.92 Å². The van der Waals surface area contributed by atoms with Crippen LogP contribution < -0.4 is 48.8 Å². The van der Waals surface area contributed by atoms with E-state index < -0.39 is 122 Å². The van der Waals surface area contributed by atoms with Crippen LogP contribution in [0.2, 0.25) is 0 Å². The molecule has 75 heavy (non-hydrogen) atoms. The van der Waals surface area contributed by atoms with Crippen molar-refractivity contribution in [3.8, 4) is 0 Å². The van der Waals surface area contributed by atoms with Crippen LogP contribution in [0.1, 0.15) is 12.0 Å². The highest BCUT2D eigenvalue weighted by Gasteiger charge is 2.55. The normalized spacial score (nSPS) is 29.0. The number of H-pyrrole nitrogens is 3. The molecule has 0 saturated carbocycles. The molecule has 35 nitrogen and oxygen atoms in total. The fourth-order valence-electron chi connectivity index (χ4n) is 9.43. The number of aromatic nitrogens is 7. The standard InChI is InChI=1S/C37H56N15O20P3/c1-63-27-25(19(10-54)68-34(27)51-14-44-23-30(51)46-36(39)48-32(23)55)71-75(61,62)66-11-17-8-50(7-16-6-41-22-21(16)42-13-43-29(22)38)9-18(17)70-74(59,60)67-12-20-26(72-73(57,58)65-5-3-4-53)28(64-2)35(69-20)52-15-45-24-31(52)47-37(40)49-33(24)56/h6,13,17-20,25-28,34-35,41,44-45,53-54H,3-5,7-12,14-15H2,1-2H3,(H,57,58)(H,59,60)(H,61,62)(H2,38,42,43)(H3,39,46,48,55)(H3,40,47,49,56)/t17-,18+,19-,20-,25-,26-,27-,28-,34-,35-/m1/s1. The first kappa shape index (κ1) is 54.8. The van der Waals surface area contributed by atoms with E-state index >= 15 is 0 Å². The van der Waals surface area contributed by atoms with E-state index in [-0.39, 0.29) is 86.7 Å². The summed E-state index contributed by atoms with van der Waals surface area (Å²) in [4.78, 5) is 87.7. The van der Waals surface area contributed by atoms with Crippen molar-refractivity contribution in [3.63, 3.8) is 0 Å². The van der Waals surface area contributed by atoms with Crippen LogP contribution in [0.25, 0.3) is 11.0 Å². The number of nitrogens with one attached hydrogen (secondary N) is 5. The number of phosphoric acid groups is 3. The number of anilines is 7. The number of phosphoric ester groups is 3. The molecule has 3 unspecified atom stereocenters. The number of nitrogens with zero attached hydrogens (tertiary/aromatic N) is 7. The molecule has 3 fully saturated rings. The van der Waals surface area contributed by atoms with Crippen LogP contribution in [0.3, 0.4) is 0 Å². The Kier molecular flexibility index (Phi) is 16.2. The molecule has 38 heteroatoms. The molecule has 0 bridgehead atoms. The van der Waals surface area contributed by atoms with E-state index in [1.54, 1.807) is 11.1 Å².